The van der Waals surface area contributed by atoms with Gasteiger partial charge in [-0.1, -0.05) is 94.2 Å². The number of hydrogen-bond acceptors (Lipinski definition) is 17. The van der Waals surface area contributed by atoms with Gasteiger partial charge < -0.3 is 39.8 Å². The van der Waals surface area contributed by atoms with Crippen molar-refractivity contribution >= 4 is 90.2 Å². The molecule has 0 aliphatic carbocycles. The first kappa shape index (κ1) is 65.0. The minimum atomic E-state index is -1.19. The maximum atomic E-state index is 11.9. The number of nitrogens with zero attached hydrogens (tertiary/aromatic N) is 11. The predicted molar refractivity (Wildman–Crippen MR) is 345 cm³/mol. The lowest BCUT2D eigenvalue weighted by Crippen LogP contribution is -2.36. The minimum Gasteiger partial charge on any atom is -0.469 e. The van der Waals surface area contributed by atoms with Crippen molar-refractivity contribution in [1.29, 1.82) is 0 Å². The molecule has 0 amide bonds. The van der Waals surface area contributed by atoms with Crippen LogP contribution in [0.5, 0.6) is 0 Å². The fraction of sp³-hybridized carbons (Fsp3) is 0.484. The van der Waals surface area contributed by atoms with Crippen LogP contribution in [0, 0.1) is 11.8 Å². The number of nitrogens with two attached hydrogens (primary N) is 1. The van der Waals surface area contributed by atoms with Gasteiger partial charge in [-0.3, -0.25) is 24.5 Å². The second-order valence-corrected chi connectivity index (χ2v) is 35.9. The van der Waals surface area contributed by atoms with E-state index in [9.17, 15) is 9.59 Å². The van der Waals surface area contributed by atoms with Gasteiger partial charge in [-0.25, -0.2) is 9.97 Å². The first-order chi connectivity index (χ1) is 40.1. The molecule has 19 nitrogen and oxygen atoms in total. The summed E-state index contributed by atoms with van der Waals surface area (Å²) >= 11 is 6.56. The summed E-state index contributed by atoms with van der Waals surface area (Å²) in [5.74, 6) is 1.71. The van der Waals surface area contributed by atoms with Crippen molar-refractivity contribution in [2.24, 2.45) is 11.8 Å². The number of fused-ring (bicyclic) bond motifs is 4. The quantitative estimate of drug-likeness (QED) is 0.0254. The number of ether oxygens (including phenoxy) is 4. The summed E-state index contributed by atoms with van der Waals surface area (Å²) in [5, 5.41) is 14.7. The van der Waals surface area contributed by atoms with Crippen LogP contribution in [0.4, 0.5) is 17.5 Å². The lowest BCUT2D eigenvalue weighted by Gasteiger charge is -2.28. The molecule has 2 atom stereocenters. The molecule has 22 heteroatoms. The van der Waals surface area contributed by atoms with Crippen molar-refractivity contribution in [1.82, 2.24) is 49.4 Å². The number of hydrogen-bond donors (Lipinski definition) is 2. The summed E-state index contributed by atoms with van der Waals surface area (Å²) in [4.78, 5) is 47.8. The van der Waals surface area contributed by atoms with Crippen molar-refractivity contribution in [3.05, 3.63) is 103 Å². The molecule has 2 aliphatic rings. The van der Waals surface area contributed by atoms with Crippen LogP contribution in [0.1, 0.15) is 47.5 Å². The predicted octanol–water partition coefficient (Wildman–Crippen LogP) is 11.4. The molecule has 8 heterocycles. The maximum absolute atomic E-state index is 11.9. The van der Waals surface area contributed by atoms with E-state index in [4.69, 9.17) is 41.6 Å². The Bertz CT molecular complexity index is 3400. The van der Waals surface area contributed by atoms with Crippen molar-refractivity contribution in [3.8, 4) is 22.3 Å². The van der Waals surface area contributed by atoms with E-state index in [2.05, 4.69) is 132 Å². The fourth-order valence-corrected chi connectivity index (χ4v) is 11.8. The van der Waals surface area contributed by atoms with E-state index >= 15 is 0 Å². The van der Waals surface area contributed by atoms with E-state index in [1.807, 2.05) is 76.5 Å². The van der Waals surface area contributed by atoms with E-state index in [1.54, 1.807) is 16.8 Å². The standard InChI is InChI=1S/C27H38ClN5O2Si2.C21H20N6O2.C8H19N.C6H11NO2/c1-36(2,3)13-11-34-19-32(20-35-12-14-37(4,5)6)26-16-25(28)31-27-23(18-30-33(26)27)22-15-21-9-7-8-10-24(21)29-17-22;1-29-21(28)14-6-7-26(12-14)19-9-18(22)27-20(25-19)16(11-24-27)15-8-13-4-2-3-5-17(13)23-10-15;1-6-9(7(2)3)8(4)5;1-9-6(8)5-2-3-7-4-5/h7-10,15-18H,11-14,19-20H2,1-6H3;2-5,8-11,14H,6-7,12,22H2,1H3;7-8H,6H2,1-5H3;5,7H,2-4H2,1H3. The van der Waals surface area contributed by atoms with Gasteiger partial charge in [0.15, 0.2) is 11.3 Å². The summed E-state index contributed by atoms with van der Waals surface area (Å²) in [6.07, 6.45) is 8.93. The second-order valence-electron chi connectivity index (χ2n) is 24.3. The Morgan fingerprint density at radius 2 is 1.24 bits per heavy atom. The third-order valence-electron chi connectivity index (χ3n) is 14.9. The number of anilines is 3. The van der Waals surface area contributed by atoms with Crippen LogP contribution < -0.4 is 20.9 Å². The molecular formula is C62H88ClN13O6Si2. The first-order valence-electron chi connectivity index (χ1n) is 29.2. The van der Waals surface area contributed by atoms with Crippen LogP contribution in [-0.4, -0.2) is 158 Å². The van der Waals surface area contributed by atoms with Gasteiger partial charge in [0.1, 0.15) is 36.1 Å². The molecule has 6 aromatic heterocycles. The van der Waals surface area contributed by atoms with Gasteiger partial charge in [0.05, 0.1) is 49.5 Å². The molecule has 0 bridgehead atoms. The molecule has 2 aromatic carbocycles. The normalized spacial score (nSPS) is 15.3. The smallest absolute Gasteiger partial charge is 0.310 e. The number of esters is 2. The number of carbonyl (C=O) groups is 2. The largest absolute Gasteiger partial charge is 0.469 e. The second kappa shape index (κ2) is 30.0. The molecular weight excluding hydrogens is 1110 g/mol. The van der Waals surface area contributed by atoms with E-state index in [0.29, 0.717) is 54.4 Å². The SMILES string of the molecule is CCN(C(C)C)C(C)C.COC(=O)C1CCN(c2cc(N)n3ncc(-c4cnc5ccccc5c4)c3n2)C1.COC(=O)C1CCNC1.C[Si](C)(C)CCOCN(COCC[Si](C)(C)C)c1cc(Cl)nc2c(-c3cnc4ccccc4c3)cnn12. The monoisotopic (exact) mass is 1200 g/mol. The molecule has 452 valence electrons. The van der Waals surface area contributed by atoms with Gasteiger partial charge in [0, 0.05) is 119 Å². The lowest BCUT2D eigenvalue weighted by atomic mass is 10.1. The number of rotatable bonds is 19. The molecule has 3 N–H and O–H groups in total. The van der Waals surface area contributed by atoms with Crippen LogP contribution in [0.3, 0.4) is 0 Å². The van der Waals surface area contributed by atoms with E-state index in [-0.39, 0.29) is 23.8 Å². The average molecular weight is 1200 g/mol. The summed E-state index contributed by atoms with van der Waals surface area (Å²) in [6.45, 7) is 31.7. The molecule has 84 heavy (non-hydrogen) atoms. The van der Waals surface area contributed by atoms with Crippen LogP contribution in [-0.2, 0) is 28.5 Å². The number of halogens is 1. The number of nitrogen functional groups attached to an aromatic ring is 1. The zero-order valence-corrected chi connectivity index (χ0v) is 54.3. The minimum absolute atomic E-state index is 0.0833. The third-order valence-corrected chi connectivity index (χ3v) is 18.5. The average Bonchev–Trinajstić information content (AvgIpc) is 2.34. The fourth-order valence-electron chi connectivity index (χ4n) is 10.1. The van der Waals surface area contributed by atoms with Crippen molar-refractivity contribution in [2.75, 3.05) is 89.2 Å². The third kappa shape index (κ3) is 17.7. The maximum Gasteiger partial charge on any atom is 0.310 e. The van der Waals surface area contributed by atoms with Crippen molar-refractivity contribution in [3.63, 3.8) is 0 Å². The highest BCUT2D eigenvalue weighted by molar-refractivity contribution is 6.76. The molecule has 0 spiro atoms. The zero-order valence-electron chi connectivity index (χ0n) is 51.6. The Balaban J connectivity index is 0.000000189. The van der Waals surface area contributed by atoms with Gasteiger partial charge in [-0.15, -0.1) is 0 Å². The number of para-hydroxylation sites is 2. The van der Waals surface area contributed by atoms with E-state index < -0.39 is 16.1 Å². The van der Waals surface area contributed by atoms with Gasteiger partial charge in [-0.05, 0) is 90.0 Å². The molecule has 2 aliphatic heterocycles. The number of benzene rings is 2. The van der Waals surface area contributed by atoms with Gasteiger partial charge in [0.25, 0.3) is 0 Å². The number of nitrogens with one attached hydrogen (secondary N) is 1. The van der Waals surface area contributed by atoms with Crippen LogP contribution in [0.25, 0.3) is 55.4 Å². The highest BCUT2D eigenvalue weighted by atomic mass is 35.5. The number of pyridine rings is 2. The van der Waals surface area contributed by atoms with Crippen LogP contribution in [0.15, 0.2) is 97.6 Å². The Kier molecular flexibility index (Phi) is 23.2. The summed E-state index contributed by atoms with van der Waals surface area (Å²) in [5.41, 5.74) is 13.1. The molecule has 2 unspecified atom stereocenters. The summed E-state index contributed by atoms with van der Waals surface area (Å²) in [6, 6.07) is 27.4. The van der Waals surface area contributed by atoms with Gasteiger partial charge in [-0.2, -0.15) is 19.2 Å². The Morgan fingerprint density at radius 3 is 1.73 bits per heavy atom. The summed E-state index contributed by atoms with van der Waals surface area (Å²) < 4.78 is 25.1. The topological polar surface area (TPSA) is 205 Å². The van der Waals surface area contributed by atoms with Gasteiger partial charge in [0.2, 0.25) is 0 Å². The number of aromatic nitrogens is 8. The van der Waals surface area contributed by atoms with Crippen molar-refractivity contribution < 1.29 is 28.5 Å². The summed E-state index contributed by atoms with van der Waals surface area (Å²) in [7, 11) is 0.467. The Labute approximate surface area is 502 Å². The molecule has 10 rings (SSSR count). The molecule has 2 saturated heterocycles. The number of methoxy groups -OCH3 is 2. The molecule has 2 fully saturated rings. The van der Waals surface area contributed by atoms with E-state index in [0.717, 1.165) is 120 Å². The first-order valence-corrected chi connectivity index (χ1v) is 37.0. The molecule has 8 aromatic rings. The Hall–Kier alpha value is -6.60. The molecule has 0 saturated carbocycles. The van der Waals surface area contributed by atoms with Crippen LogP contribution in [0.2, 0.25) is 56.5 Å². The van der Waals surface area contributed by atoms with Gasteiger partial charge >= 0.3 is 11.9 Å². The highest BCUT2D eigenvalue weighted by Gasteiger charge is 2.31. The number of carbonyl (C=O) groups excluding carboxylic acids is 2. The van der Waals surface area contributed by atoms with Crippen molar-refractivity contribution in [2.45, 2.75) is 111 Å². The van der Waals surface area contributed by atoms with Crippen LogP contribution >= 0.6 is 11.6 Å². The Morgan fingerprint density at radius 1 is 0.714 bits per heavy atom. The lowest BCUT2D eigenvalue weighted by molar-refractivity contribution is -0.145. The van der Waals surface area contributed by atoms with E-state index in [1.165, 1.54) is 14.2 Å². The zero-order chi connectivity index (χ0) is 60.7. The molecule has 0 radical (unpaired) electrons. The highest BCUT2D eigenvalue weighted by Crippen LogP contribution is 2.32.